The second-order valence-corrected chi connectivity index (χ2v) is 14.0. The zero-order chi connectivity index (χ0) is 33.3. The van der Waals surface area contributed by atoms with E-state index in [4.69, 9.17) is 9.47 Å². The summed E-state index contributed by atoms with van der Waals surface area (Å²) in [5.41, 5.74) is 0.623. The quantitative estimate of drug-likeness (QED) is 0.383. The maximum atomic E-state index is 14.2. The number of hydrogen-bond acceptors (Lipinski definition) is 7. The molecule has 1 aliphatic rings. The highest BCUT2D eigenvalue weighted by Crippen LogP contribution is 2.29. The van der Waals surface area contributed by atoms with E-state index in [1.165, 1.54) is 28.4 Å². The topological polar surface area (TPSA) is 138 Å². The molecule has 0 saturated carbocycles. The van der Waals surface area contributed by atoms with Crippen molar-refractivity contribution in [3.63, 3.8) is 0 Å². The molecule has 0 saturated heterocycles. The van der Waals surface area contributed by atoms with Crippen molar-refractivity contribution >= 4 is 27.6 Å². The number of rotatable bonds is 8. The van der Waals surface area contributed by atoms with E-state index < -0.39 is 39.9 Å². The van der Waals surface area contributed by atoms with Crippen LogP contribution in [-0.2, 0) is 14.8 Å². The average molecular weight is 651 g/mol. The Labute approximate surface area is 266 Å². The third-order valence-electron chi connectivity index (χ3n) is 7.69. The summed E-state index contributed by atoms with van der Waals surface area (Å²) in [7, 11) is -2.50. The van der Waals surface area contributed by atoms with Gasteiger partial charge in [0.1, 0.15) is 11.6 Å². The molecule has 0 aromatic heterocycles. The average Bonchev–Trinajstić information content (AvgIpc) is 2.98. The van der Waals surface area contributed by atoms with Crippen LogP contribution < -0.4 is 15.4 Å². The molecule has 0 radical (unpaired) electrons. The third-order valence-corrected chi connectivity index (χ3v) is 9.53. The third kappa shape index (κ3) is 10.1. The van der Waals surface area contributed by atoms with Crippen LogP contribution in [0.5, 0.6) is 5.75 Å². The van der Waals surface area contributed by atoms with Gasteiger partial charge in [-0.15, -0.1) is 0 Å². The lowest BCUT2D eigenvalue weighted by Crippen LogP contribution is -2.48. The summed E-state index contributed by atoms with van der Waals surface area (Å²) in [5, 5.41) is 15.7. The Balaban J connectivity index is 1.96. The van der Waals surface area contributed by atoms with Gasteiger partial charge in [-0.3, -0.25) is 4.79 Å². The van der Waals surface area contributed by atoms with E-state index >= 15 is 0 Å². The molecular weight excluding hydrogens is 603 g/mol. The number of fused-ring (bicyclic) bond motifs is 1. The molecule has 45 heavy (non-hydrogen) atoms. The smallest absolute Gasteiger partial charge is 0.319 e. The first-order valence-corrected chi connectivity index (χ1v) is 16.8. The number of ether oxygens (including phenoxy) is 2. The van der Waals surface area contributed by atoms with E-state index in [2.05, 4.69) is 10.6 Å². The van der Waals surface area contributed by atoms with E-state index in [1.807, 2.05) is 27.7 Å². The monoisotopic (exact) mass is 650 g/mol. The van der Waals surface area contributed by atoms with Crippen molar-refractivity contribution in [2.45, 2.75) is 83.1 Å². The van der Waals surface area contributed by atoms with Crippen molar-refractivity contribution in [1.82, 2.24) is 14.5 Å². The number of aliphatic hydroxyl groups is 1. The number of carbonyl (C=O) groups is 2. The Morgan fingerprint density at radius 3 is 2.47 bits per heavy atom. The summed E-state index contributed by atoms with van der Waals surface area (Å²) < 4.78 is 53.7. The fourth-order valence-electron chi connectivity index (χ4n) is 5.03. The number of sulfonamides is 1. The van der Waals surface area contributed by atoms with Gasteiger partial charge in [-0.05, 0) is 89.4 Å². The molecule has 250 valence electrons. The lowest BCUT2D eigenvalue weighted by molar-refractivity contribution is -0.00834. The summed E-state index contributed by atoms with van der Waals surface area (Å²) >= 11 is 0. The Hall–Kier alpha value is -3.26. The van der Waals surface area contributed by atoms with Crippen LogP contribution in [0.25, 0.3) is 0 Å². The second kappa shape index (κ2) is 16.3. The Morgan fingerprint density at radius 2 is 1.82 bits per heavy atom. The molecule has 11 nitrogen and oxygen atoms in total. The fraction of sp³-hybridized carbons (Fsp3) is 0.562. The minimum atomic E-state index is -3.94. The molecule has 4 atom stereocenters. The second-order valence-electron chi connectivity index (χ2n) is 12.0. The molecule has 3 amide bonds. The van der Waals surface area contributed by atoms with E-state index in [-0.39, 0.29) is 48.2 Å². The molecule has 0 bridgehead atoms. The number of hydrogen-bond donors (Lipinski definition) is 3. The largest absolute Gasteiger partial charge is 0.490 e. The molecule has 13 heteroatoms. The van der Waals surface area contributed by atoms with Crippen molar-refractivity contribution in [1.29, 1.82) is 0 Å². The molecule has 1 heterocycles. The predicted molar refractivity (Wildman–Crippen MR) is 170 cm³/mol. The van der Waals surface area contributed by atoms with Crippen molar-refractivity contribution < 1.29 is 37.0 Å². The lowest BCUT2D eigenvalue weighted by atomic mass is 10.0. The number of likely N-dealkylation sites (N-methyl/N-ethyl adjacent to an activating group) is 1. The summed E-state index contributed by atoms with van der Waals surface area (Å²) in [6, 6.07) is 8.44. The molecular formula is C32H47FN4O7S. The van der Waals surface area contributed by atoms with Crippen LogP contribution in [0, 0.1) is 11.7 Å². The van der Waals surface area contributed by atoms with Gasteiger partial charge in [0.15, 0.2) is 0 Å². The van der Waals surface area contributed by atoms with Gasteiger partial charge in [0, 0.05) is 44.4 Å². The number of nitrogens with zero attached hydrogens (tertiary/aromatic N) is 2. The van der Waals surface area contributed by atoms with Gasteiger partial charge in [0.2, 0.25) is 10.0 Å². The number of anilines is 1. The number of urea groups is 1. The van der Waals surface area contributed by atoms with Crippen molar-refractivity contribution in [2.75, 3.05) is 38.7 Å². The van der Waals surface area contributed by atoms with Crippen LogP contribution in [0.3, 0.4) is 0 Å². The molecule has 0 aliphatic carbocycles. The number of halogens is 1. The normalized spacial score (nSPS) is 21.1. The van der Waals surface area contributed by atoms with Gasteiger partial charge in [0.25, 0.3) is 5.91 Å². The summed E-state index contributed by atoms with van der Waals surface area (Å²) in [4.78, 5) is 28.1. The van der Waals surface area contributed by atoms with Gasteiger partial charge in [0.05, 0.1) is 35.3 Å². The lowest BCUT2D eigenvalue weighted by Gasteiger charge is -2.35. The van der Waals surface area contributed by atoms with Crippen LogP contribution in [0.2, 0.25) is 0 Å². The van der Waals surface area contributed by atoms with Crippen LogP contribution in [-0.4, -0.2) is 92.3 Å². The minimum absolute atomic E-state index is 0.00839. The van der Waals surface area contributed by atoms with E-state index in [0.717, 1.165) is 18.6 Å². The first-order valence-electron chi connectivity index (χ1n) is 15.4. The fourth-order valence-corrected chi connectivity index (χ4v) is 6.21. The number of carbonyl (C=O) groups excluding carboxylic acids is 2. The van der Waals surface area contributed by atoms with Gasteiger partial charge < -0.3 is 30.1 Å². The zero-order valence-corrected chi connectivity index (χ0v) is 27.8. The molecule has 2 aromatic rings. The summed E-state index contributed by atoms with van der Waals surface area (Å²) in [6.07, 6.45) is 1.34. The van der Waals surface area contributed by atoms with Crippen LogP contribution in [0.15, 0.2) is 47.4 Å². The highest BCUT2D eigenvalue weighted by atomic mass is 32.2. The molecule has 3 N–H and O–H groups in total. The number of amides is 3. The Bertz CT molecular complexity index is 1390. The molecule has 0 unspecified atom stereocenters. The first-order chi connectivity index (χ1) is 21.2. The minimum Gasteiger partial charge on any atom is -0.490 e. The van der Waals surface area contributed by atoms with E-state index in [9.17, 15) is 27.5 Å². The molecule has 0 spiro atoms. The summed E-state index contributed by atoms with van der Waals surface area (Å²) in [5.74, 6) is -0.953. The number of benzene rings is 2. The van der Waals surface area contributed by atoms with Crippen LogP contribution in [0.1, 0.15) is 64.2 Å². The SMILES string of the molecule is CC(C)NC(=O)Nc1ccc2c(c1)C(=O)N([C@@H](C)CO)C[C@@H](C)[C@@H](CN(C)S(=O)(=O)c1ccc(F)cc1)OCCCC[C@H](C)O2. The van der Waals surface area contributed by atoms with Crippen molar-refractivity contribution in [2.24, 2.45) is 5.92 Å². The molecule has 1 aliphatic heterocycles. The molecule has 2 aromatic carbocycles. The van der Waals surface area contributed by atoms with Gasteiger partial charge in [-0.1, -0.05) is 6.92 Å². The van der Waals surface area contributed by atoms with E-state index in [0.29, 0.717) is 30.9 Å². The maximum absolute atomic E-state index is 14.2. The molecule has 3 rings (SSSR count). The number of nitrogens with one attached hydrogen (secondary N) is 2. The van der Waals surface area contributed by atoms with Crippen molar-refractivity contribution in [3.05, 3.63) is 53.8 Å². The predicted octanol–water partition coefficient (Wildman–Crippen LogP) is 4.47. The zero-order valence-electron chi connectivity index (χ0n) is 27.0. The standard InChI is InChI=1S/C32H47FN4O7S/c1-21(2)34-32(40)35-26-12-15-29-28(17-26)31(39)37(23(4)20-38)18-22(3)30(43-16-8-7-9-24(5)44-29)19-36(6)45(41,42)27-13-10-25(33)11-14-27/h10-15,17,21-24,30,38H,7-9,16,18-20H2,1-6H3,(H2,34,35,40)/t22-,23+,24+,30-/m1/s1. The van der Waals surface area contributed by atoms with Gasteiger partial charge in [-0.25, -0.2) is 17.6 Å². The van der Waals surface area contributed by atoms with Crippen LogP contribution >= 0.6 is 0 Å². The van der Waals surface area contributed by atoms with Crippen molar-refractivity contribution in [3.8, 4) is 5.75 Å². The Kier molecular flexibility index (Phi) is 13.2. The number of aliphatic hydroxyl groups excluding tert-OH is 1. The van der Waals surface area contributed by atoms with E-state index in [1.54, 1.807) is 25.1 Å². The van der Waals surface area contributed by atoms with Gasteiger partial charge >= 0.3 is 6.03 Å². The molecule has 0 fully saturated rings. The maximum Gasteiger partial charge on any atom is 0.319 e. The van der Waals surface area contributed by atoms with Gasteiger partial charge in [-0.2, -0.15) is 4.31 Å². The summed E-state index contributed by atoms with van der Waals surface area (Å²) in [6.45, 7) is 9.36. The van der Waals surface area contributed by atoms with Crippen LogP contribution in [0.4, 0.5) is 14.9 Å². The highest BCUT2D eigenvalue weighted by Gasteiger charge is 2.32. The Morgan fingerprint density at radius 1 is 1.13 bits per heavy atom. The first kappa shape index (κ1) is 36.2. The highest BCUT2D eigenvalue weighted by molar-refractivity contribution is 7.89.